The van der Waals surface area contributed by atoms with Gasteiger partial charge in [-0.2, -0.15) is 10.3 Å². The minimum Gasteiger partial charge on any atom is -0.296 e. The molecule has 0 saturated carbocycles. The Morgan fingerprint density at radius 1 is 1.50 bits per heavy atom. The summed E-state index contributed by atoms with van der Waals surface area (Å²) in [4.78, 5) is 13.6. The van der Waals surface area contributed by atoms with E-state index in [0.717, 1.165) is 0 Å². The molecule has 0 atom stereocenters. The van der Waals surface area contributed by atoms with Crippen molar-refractivity contribution in [2.24, 2.45) is 7.05 Å². The van der Waals surface area contributed by atoms with Gasteiger partial charge in [0.05, 0.1) is 0 Å². The molecule has 0 amide bonds. The predicted octanol–water partition coefficient (Wildman–Crippen LogP) is -0.286. The smallest absolute Gasteiger partial charge is 0.296 e. The normalized spacial score (nSPS) is 10.8. The van der Waals surface area contributed by atoms with Gasteiger partial charge in [0, 0.05) is 7.05 Å². The molecule has 0 aromatic carbocycles. The molecular weight excluding hydrogens is 178 g/mol. The Bertz CT molecular complexity index is 534. The molecule has 0 radical (unpaired) electrons. The second kappa shape index (κ2) is 2.24. The molecule has 2 heterocycles. The summed E-state index contributed by atoms with van der Waals surface area (Å²) in [7, 11) is 1.60. The molecule has 2 N–H and O–H groups in total. The largest absolute Gasteiger partial charge is 0.328 e. The van der Waals surface area contributed by atoms with E-state index in [4.69, 9.17) is 12.2 Å². The Balaban J connectivity index is 3.18. The Kier molecular flexibility index (Phi) is 1.34. The molecule has 2 aromatic rings. The summed E-state index contributed by atoms with van der Waals surface area (Å²) < 4.78 is 1.65. The maximum atomic E-state index is 11.1. The van der Waals surface area contributed by atoms with Crippen molar-refractivity contribution in [3.63, 3.8) is 0 Å². The quantitative estimate of drug-likeness (QED) is 0.550. The van der Waals surface area contributed by atoms with E-state index in [9.17, 15) is 4.79 Å². The molecule has 12 heavy (non-hydrogen) atoms. The zero-order valence-electron chi connectivity index (χ0n) is 6.16. The van der Waals surface area contributed by atoms with Gasteiger partial charge in [-0.1, -0.05) is 12.2 Å². The van der Waals surface area contributed by atoms with E-state index in [1.165, 1.54) is 4.57 Å². The van der Waals surface area contributed by atoms with E-state index >= 15 is 0 Å². The van der Waals surface area contributed by atoms with E-state index in [1.807, 2.05) is 0 Å². The Hall–Kier alpha value is -1.50. The van der Waals surface area contributed by atoms with Crippen LogP contribution >= 0.6 is 12.2 Å². The fourth-order valence-corrected chi connectivity index (χ4v) is 1.17. The van der Waals surface area contributed by atoms with Crippen LogP contribution < -0.4 is 5.69 Å². The monoisotopic (exact) mass is 183 g/mol. The zero-order chi connectivity index (χ0) is 8.72. The van der Waals surface area contributed by atoms with Gasteiger partial charge in [0.15, 0.2) is 11.2 Å². The number of aryl methyl sites for hydroxylation is 1. The first kappa shape index (κ1) is 7.17. The molecule has 0 bridgehead atoms. The molecule has 7 heteroatoms. The van der Waals surface area contributed by atoms with Gasteiger partial charge in [-0.3, -0.25) is 9.55 Å². The van der Waals surface area contributed by atoms with Crippen molar-refractivity contribution in [3.05, 3.63) is 15.1 Å². The predicted molar refractivity (Wildman–Crippen MR) is 44.3 cm³/mol. The number of H-pyrrole nitrogens is 2. The summed E-state index contributed by atoms with van der Waals surface area (Å²) in [6.07, 6.45) is 0. The van der Waals surface area contributed by atoms with Crippen LogP contribution in [-0.4, -0.2) is 25.0 Å². The highest BCUT2D eigenvalue weighted by Gasteiger charge is 2.04. The maximum Gasteiger partial charge on any atom is 0.328 e. The van der Waals surface area contributed by atoms with Crippen LogP contribution in [-0.2, 0) is 7.05 Å². The average molecular weight is 183 g/mol. The SMILES string of the molecule is Cn1c(=O)[nH]c(=S)c2n[nH]nc21. The van der Waals surface area contributed by atoms with E-state index in [-0.39, 0.29) is 5.69 Å². The maximum absolute atomic E-state index is 11.1. The minimum absolute atomic E-state index is 0.290. The second-order valence-corrected chi connectivity index (χ2v) is 2.72. The molecule has 0 fully saturated rings. The van der Waals surface area contributed by atoms with E-state index in [2.05, 4.69) is 20.4 Å². The Morgan fingerprint density at radius 3 is 3.00 bits per heavy atom. The number of rotatable bonds is 0. The number of hydrogen-bond acceptors (Lipinski definition) is 4. The first-order chi connectivity index (χ1) is 5.70. The number of nitrogens with zero attached hydrogens (tertiary/aromatic N) is 3. The van der Waals surface area contributed by atoms with Crippen molar-refractivity contribution in [1.29, 1.82) is 0 Å². The number of hydrogen-bond donors (Lipinski definition) is 2. The van der Waals surface area contributed by atoms with Crippen molar-refractivity contribution >= 4 is 23.4 Å². The number of aromatic amines is 2. The number of aromatic nitrogens is 5. The lowest BCUT2D eigenvalue weighted by Crippen LogP contribution is -2.20. The molecule has 0 unspecified atom stereocenters. The van der Waals surface area contributed by atoms with Crippen LogP contribution in [0.5, 0.6) is 0 Å². The summed E-state index contributed by atoms with van der Waals surface area (Å²) in [5.74, 6) is 0. The van der Waals surface area contributed by atoms with Crippen LogP contribution in [0.3, 0.4) is 0 Å². The Labute approximate surface area is 71.2 Å². The summed E-state index contributed by atoms with van der Waals surface area (Å²) in [5, 5.41) is 9.97. The van der Waals surface area contributed by atoms with Gasteiger partial charge in [0.2, 0.25) is 0 Å². The van der Waals surface area contributed by atoms with Gasteiger partial charge in [0.25, 0.3) is 0 Å². The molecule has 2 rings (SSSR count). The number of fused-ring (bicyclic) bond motifs is 1. The number of nitrogens with one attached hydrogen (secondary N) is 2. The van der Waals surface area contributed by atoms with E-state index < -0.39 is 0 Å². The van der Waals surface area contributed by atoms with Crippen LogP contribution in [0.15, 0.2) is 4.79 Å². The van der Waals surface area contributed by atoms with Crippen molar-refractivity contribution < 1.29 is 0 Å². The van der Waals surface area contributed by atoms with Crippen molar-refractivity contribution in [3.8, 4) is 0 Å². The van der Waals surface area contributed by atoms with Gasteiger partial charge in [0.1, 0.15) is 4.64 Å². The lowest BCUT2D eigenvalue weighted by atomic mass is 10.5. The van der Waals surface area contributed by atoms with Gasteiger partial charge < -0.3 is 0 Å². The summed E-state index contributed by atoms with van der Waals surface area (Å²) >= 11 is 4.86. The minimum atomic E-state index is -0.290. The molecule has 0 spiro atoms. The third kappa shape index (κ3) is 0.797. The lowest BCUT2D eigenvalue weighted by molar-refractivity contribution is 0.829. The van der Waals surface area contributed by atoms with Crippen LogP contribution in [0.2, 0.25) is 0 Å². The van der Waals surface area contributed by atoms with Crippen LogP contribution in [0.25, 0.3) is 11.2 Å². The molecule has 0 aliphatic heterocycles. The first-order valence-corrected chi connectivity index (χ1v) is 3.61. The molecule has 0 aliphatic rings. The summed E-state index contributed by atoms with van der Waals surface area (Å²) in [6, 6.07) is 0. The average Bonchev–Trinajstić information content (AvgIpc) is 2.48. The van der Waals surface area contributed by atoms with Crippen LogP contribution in [0.4, 0.5) is 0 Å². The Morgan fingerprint density at radius 2 is 2.25 bits per heavy atom. The van der Waals surface area contributed by atoms with E-state index in [0.29, 0.717) is 15.8 Å². The molecule has 0 saturated heterocycles. The molecule has 6 nitrogen and oxygen atoms in total. The standard InChI is InChI=1S/C5H5N5OS/c1-10-3-2(7-9-8-3)4(12)6-5(10)11/h1H3,(H,6,11,12)(H,7,8,9). The second-order valence-electron chi connectivity index (χ2n) is 2.31. The van der Waals surface area contributed by atoms with Gasteiger partial charge in [-0.25, -0.2) is 4.79 Å². The van der Waals surface area contributed by atoms with Gasteiger partial charge in [-0.05, 0) is 0 Å². The highest BCUT2D eigenvalue weighted by molar-refractivity contribution is 7.71. The topological polar surface area (TPSA) is 79.4 Å². The highest BCUT2D eigenvalue weighted by Crippen LogP contribution is 2.02. The highest BCUT2D eigenvalue weighted by atomic mass is 32.1. The van der Waals surface area contributed by atoms with E-state index in [1.54, 1.807) is 7.05 Å². The molecular formula is C5H5N5OS. The third-order valence-electron chi connectivity index (χ3n) is 1.59. The lowest BCUT2D eigenvalue weighted by Gasteiger charge is -1.94. The molecule has 0 aliphatic carbocycles. The summed E-state index contributed by atoms with van der Waals surface area (Å²) in [6.45, 7) is 0. The fourth-order valence-electron chi connectivity index (χ4n) is 0.948. The van der Waals surface area contributed by atoms with Crippen LogP contribution in [0.1, 0.15) is 0 Å². The van der Waals surface area contributed by atoms with Crippen molar-refractivity contribution in [2.45, 2.75) is 0 Å². The molecule has 2 aromatic heterocycles. The summed E-state index contributed by atoms with van der Waals surface area (Å²) in [5.41, 5.74) is 0.678. The van der Waals surface area contributed by atoms with Gasteiger partial charge >= 0.3 is 5.69 Å². The third-order valence-corrected chi connectivity index (χ3v) is 1.88. The fraction of sp³-hybridized carbons (Fsp3) is 0.200. The zero-order valence-corrected chi connectivity index (χ0v) is 6.97. The van der Waals surface area contributed by atoms with Gasteiger partial charge in [-0.15, -0.1) is 5.10 Å². The molecule has 62 valence electrons. The van der Waals surface area contributed by atoms with Crippen molar-refractivity contribution in [1.82, 2.24) is 25.0 Å². The first-order valence-electron chi connectivity index (χ1n) is 3.20. The van der Waals surface area contributed by atoms with Crippen LogP contribution in [0, 0.1) is 4.64 Å². The van der Waals surface area contributed by atoms with Crippen molar-refractivity contribution in [2.75, 3.05) is 0 Å².